The number of para-hydroxylation sites is 1. The molecule has 5 heteroatoms. The predicted octanol–water partition coefficient (Wildman–Crippen LogP) is 4.78. The number of halogens is 2. The van der Waals surface area contributed by atoms with Crippen LogP contribution in [0.25, 0.3) is 0 Å². The fourth-order valence-electron chi connectivity index (χ4n) is 1.88. The topological polar surface area (TPSA) is 38.3 Å². The van der Waals surface area contributed by atoms with Crippen LogP contribution in [0.1, 0.15) is 22.8 Å². The molecule has 0 aliphatic carbocycles. The van der Waals surface area contributed by atoms with E-state index in [2.05, 4.69) is 5.32 Å². The van der Waals surface area contributed by atoms with Crippen molar-refractivity contribution >= 4 is 34.9 Å². The zero-order chi connectivity index (χ0) is 15.2. The Balaban J connectivity index is 2.14. The summed E-state index contributed by atoms with van der Waals surface area (Å²) >= 11 is 12.0. The van der Waals surface area contributed by atoms with E-state index in [9.17, 15) is 4.79 Å². The number of benzene rings is 2. The standard InChI is InChI=1S/C16H15Cl2NO2/c1-2-21-16(20)13-5-3-4-6-15(13)19-10-11-7-8-12(17)9-14(11)18/h3-9,19H,2,10H2,1H3. The van der Waals surface area contributed by atoms with Crippen LogP contribution in [0, 0.1) is 0 Å². The number of hydrogen-bond acceptors (Lipinski definition) is 3. The third-order valence-corrected chi connectivity index (χ3v) is 3.49. The Bertz CT molecular complexity index is 644. The van der Waals surface area contributed by atoms with Crippen LogP contribution < -0.4 is 5.32 Å². The lowest BCUT2D eigenvalue weighted by Crippen LogP contribution is -2.09. The average Bonchev–Trinajstić information content (AvgIpc) is 2.47. The molecule has 21 heavy (non-hydrogen) atoms. The molecule has 0 aliphatic heterocycles. The van der Waals surface area contributed by atoms with Gasteiger partial charge in [-0.2, -0.15) is 0 Å². The Morgan fingerprint density at radius 2 is 1.95 bits per heavy atom. The second-order valence-electron chi connectivity index (χ2n) is 4.36. The van der Waals surface area contributed by atoms with Gasteiger partial charge in [-0.15, -0.1) is 0 Å². The molecule has 0 aromatic heterocycles. The predicted molar refractivity (Wildman–Crippen MR) is 86.2 cm³/mol. The van der Waals surface area contributed by atoms with Gasteiger partial charge in [0.15, 0.2) is 0 Å². The molecular weight excluding hydrogens is 309 g/mol. The highest BCUT2D eigenvalue weighted by Crippen LogP contribution is 2.23. The molecule has 2 aromatic rings. The fraction of sp³-hybridized carbons (Fsp3) is 0.188. The normalized spacial score (nSPS) is 10.2. The van der Waals surface area contributed by atoms with E-state index in [0.29, 0.717) is 34.4 Å². The zero-order valence-electron chi connectivity index (χ0n) is 11.5. The number of ether oxygens (including phenoxy) is 1. The van der Waals surface area contributed by atoms with Gasteiger partial charge >= 0.3 is 5.97 Å². The first-order valence-corrected chi connectivity index (χ1v) is 7.31. The van der Waals surface area contributed by atoms with Gasteiger partial charge in [-0.25, -0.2) is 4.79 Å². The second-order valence-corrected chi connectivity index (χ2v) is 5.20. The summed E-state index contributed by atoms with van der Waals surface area (Å²) in [7, 11) is 0. The summed E-state index contributed by atoms with van der Waals surface area (Å²) in [5.41, 5.74) is 2.12. The number of carbonyl (C=O) groups excluding carboxylic acids is 1. The highest BCUT2D eigenvalue weighted by atomic mass is 35.5. The van der Waals surface area contributed by atoms with Crippen molar-refractivity contribution in [3.8, 4) is 0 Å². The third kappa shape index (κ3) is 4.13. The van der Waals surface area contributed by atoms with Gasteiger partial charge in [0.1, 0.15) is 0 Å². The maximum Gasteiger partial charge on any atom is 0.340 e. The SMILES string of the molecule is CCOC(=O)c1ccccc1NCc1ccc(Cl)cc1Cl. The van der Waals surface area contributed by atoms with Gasteiger partial charge in [0.25, 0.3) is 0 Å². The molecule has 110 valence electrons. The van der Waals surface area contributed by atoms with Crippen LogP contribution in [0.5, 0.6) is 0 Å². The van der Waals surface area contributed by atoms with Crippen LogP contribution >= 0.6 is 23.2 Å². The van der Waals surface area contributed by atoms with E-state index < -0.39 is 0 Å². The first-order chi connectivity index (χ1) is 10.1. The molecule has 0 aliphatic rings. The van der Waals surface area contributed by atoms with Crippen LogP contribution in [-0.2, 0) is 11.3 Å². The van der Waals surface area contributed by atoms with Crippen LogP contribution in [-0.4, -0.2) is 12.6 Å². The molecule has 1 N–H and O–H groups in total. The Morgan fingerprint density at radius 3 is 2.67 bits per heavy atom. The lowest BCUT2D eigenvalue weighted by Gasteiger charge is -2.12. The van der Waals surface area contributed by atoms with Crippen molar-refractivity contribution in [3.05, 3.63) is 63.6 Å². The summed E-state index contributed by atoms with van der Waals surface area (Å²) in [6.07, 6.45) is 0. The number of anilines is 1. The van der Waals surface area contributed by atoms with Gasteiger partial charge < -0.3 is 10.1 Å². The molecule has 0 amide bonds. The molecule has 2 aromatic carbocycles. The molecule has 0 saturated heterocycles. The number of rotatable bonds is 5. The first-order valence-electron chi connectivity index (χ1n) is 6.55. The Kier molecular flexibility index (Phi) is 5.48. The third-order valence-electron chi connectivity index (χ3n) is 2.91. The van der Waals surface area contributed by atoms with Gasteiger partial charge in [-0.3, -0.25) is 0 Å². The molecule has 0 bridgehead atoms. The molecule has 0 unspecified atom stereocenters. The largest absolute Gasteiger partial charge is 0.462 e. The number of hydrogen-bond donors (Lipinski definition) is 1. The van der Waals surface area contributed by atoms with E-state index >= 15 is 0 Å². The quantitative estimate of drug-likeness (QED) is 0.804. The number of carbonyl (C=O) groups is 1. The zero-order valence-corrected chi connectivity index (χ0v) is 13.0. The van der Waals surface area contributed by atoms with Gasteiger partial charge in [-0.05, 0) is 36.8 Å². The van der Waals surface area contributed by atoms with Crippen LogP contribution in [0.15, 0.2) is 42.5 Å². The Morgan fingerprint density at radius 1 is 1.19 bits per heavy atom. The number of esters is 1. The molecule has 0 saturated carbocycles. The van der Waals surface area contributed by atoms with E-state index in [1.165, 1.54) is 0 Å². The summed E-state index contributed by atoms with van der Waals surface area (Å²) in [6, 6.07) is 12.5. The molecule has 0 radical (unpaired) electrons. The highest BCUT2D eigenvalue weighted by molar-refractivity contribution is 6.35. The summed E-state index contributed by atoms with van der Waals surface area (Å²) in [5.74, 6) is -0.345. The van der Waals surface area contributed by atoms with E-state index in [4.69, 9.17) is 27.9 Å². The van der Waals surface area contributed by atoms with Crippen molar-refractivity contribution in [1.29, 1.82) is 0 Å². The average molecular weight is 324 g/mol. The minimum atomic E-state index is -0.345. The van der Waals surface area contributed by atoms with Crippen molar-refractivity contribution in [2.75, 3.05) is 11.9 Å². The van der Waals surface area contributed by atoms with Crippen LogP contribution in [0.4, 0.5) is 5.69 Å². The molecule has 0 fully saturated rings. The monoisotopic (exact) mass is 323 g/mol. The lowest BCUT2D eigenvalue weighted by molar-refractivity contribution is 0.0527. The minimum absolute atomic E-state index is 0.343. The minimum Gasteiger partial charge on any atom is -0.462 e. The first kappa shape index (κ1) is 15.7. The van der Waals surface area contributed by atoms with E-state index in [0.717, 1.165) is 5.56 Å². The van der Waals surface area contributed by atoms with Crippen LogP contribution in [0.3, 0.4) is 0 Å². The van der Waals surface area contributed by atoms with Crippen molar-refractivity contribution in [2.45, 2.75) is 13.5 Å². The van der Waals surface area contributed by atoms with Gasteiger partial charge in [0, 0.05) is 22.3 Å². The number of nitrogens with one attached hydrogen (secondary N) is 1. The second kappa shape index (κ2) is 7.34. The maximum atomic E-state index is 11.9. The smallest absolute Gasteiger partial charge is 0.340 e. The summed E-state index contributed by atoms with van der Waals surface area (Å²) in [4.78, 5) is 11.9. The maximum absolute atomic E-state index is 11.9. The van der Waals surface area contributed by atoms with Crippen molar-refractivity contribution < 1.29 is 9.53 Å². The van der Waals surface area contributed by atoms with Crippen molar-refractivity contribution in [1.82, 2.24) is 0 Å². The molecule has 0 atom stereocenters. The molecule has 0 heterocycles. The molecular formula is C16H15Cl2NO2. The van der Waals surface area contributed by atoms with Crippen molar-refractivity contribution in [2.24, 2.45) is 0 Å². The van der Waals surface area contributed by atoms with Gasteiger partial charge in [-0.1, -0.05) is 41.4 Å². The summed E-state index contributed by atoms with van der Waals surface area (Å²) in [6.45, 7) is 2.62. The van der Waals surface area contributed by atoms with Gasteiger partial charge in [0.05, 0.1) is 12.2 Å². The van der Waals surface area contributed by atoms with E-state index in [-0.39, 0.29) is 5.97 Å². The lowest BCUT2D eigenvalue weighted by atomic mass is 10.1. The van der Waals surface area contributed by atoms with Gasteiger partial charge in [0.2, 0.25) is 0 Å². The summed E-state index contributed by atoms with van der Waals surface area (Å²) in [5, 5.41) is 4.38. The molecule has 2 rings (SSSR count). The Labute approximate surface area is 133 Å². The fourth-order valence-corrected chi connectivity index (χ4v) is 2.35. The van der Waals surface area contributed by atoms with E-state index in [1.54, 1.807) is 31.2 Å². The van der Waals surface area contributed by atoms with Crippen molar-refractivity contribution in [3.63, 3.8) is 0 Å². The Hall–Kier alpha value is -1.71. The van der Waals surface area contributed by atoms with Crippen LogP contribution in [0.2, 0.25) is 10.0 Å². The summed E-state index contributed by atoms with van der Waals surface area (Å²) < 4.78 is 5.04. The highest BCUT2D eigenvalue weighted by Gasteiger charge is 2.11. The van der Waals surface area contributed by atoms with E-state index in [1.807, 2.05) is 18.2 Å². The molecule has 0 spiro atoms. The molecule has 3 nitrogen and oxygen atoms in total.